The number of rotatable bonds is 8. The van der Waals surface area contributed by atoms with Crippen molar-refractivity contribution < 1.29 is 22.7 Å². The fourth-order valence-corrected chi connectivity index (χ4v) is 4.13. The summed E-state index contributed by atoms with van der Waals surface area (Å²) in [5.41, 5.74) is 0. The lowest BCUT2D eigenvalue weighted by molar-refractivity contribution is -0.148. The molecule has 0 saturated heterocycles. The molecule has 1 fully saturated rings. The van der Waals surface area contributed by atoms with E-state index in [9.17, 15) is 18.0 Å². The highest BCUT2D eigenvalue weighted by molar-refractivity contribution is 7.89. The Morgan fingerprint density at radius 2 is 1.88 bits per heavy atom. The molecule has 9 heteroatoms. The van der Waals surface area contributed by atoms with Gasteiger partial charge in [0.2, 0.25) is 10.0 Å². The predicted octanol–water partition coefficient (Wildman–Crippen LogP) is 1.61. The van der Waals surface area contributed by atoms with Gasteiger partial charge in [-0.25, -0.2) is 13.1 Å². The van der Waals surface area contributed by atoms with Crippen LogP contribution >= 0.6 is 11.6 Å². The Morgan fingerprint density at radius 3 is 2.56 bits per heavy atom. The number of halogens is 1. The van der Waals surface area contributed by atoms with Gasteiger partial charge >= 0.3 is 5.97 Å². The van der Waals surface area contributed by atoms with E-state index in [1.54, 1.807) is 12.1 Å². The van der Waals surface area contributed by atoms with E-state index in [2.05, 4.69) is 10.0 Å². The zero-order valence-electron chi connectivity index (χ0n) is 13.7. The Kier molecular flexibility index (Phi) is 7.22. The van der Waals surface area contributed by atoms with Crippen LogP contribution in [0.15, 0.2) is 29.2 Å². The number of carbonyl (C=O) groups is 2. The van der Waals surface area contributed by atoms with Crippen molar-refractivity contribution in [3.8, 4) is 0 Å². The van der Waals surface area contributed by atoms with E-state index in [0.29, 0.717) is 0 Å². The van der Waals surface area contributed by atoms with Crippen molar-refractivity contribution in [1.29, 1.82) is 0 Å². The van der Waals surface area contributed by atoms with Gasteiger partial charge in [0.1, 0.15) is 4.90 Å². The van der Waals surface area contributed by atoms with Gasteiger partial charge in [0.25, 0.3) is 5.91 Å². The van der Waals surface area contributed by atoms with Gasteiger partial charge in [0, 0.05) is 12.6 Å². The van der Waals surface area contributed by atoms with Crippen molar-refractivity contribution in [2.75, 3.05) is 13.2 Å². The van der Waals surface area contributed by atoms with Crippen LogP contribution in [0.4, 0.5) is 0 Å². The maximum atomic E-state index is 12.1. The highest BCUT2D eigenvalue weighted by atomic mass is 35.5. The number of hydrogen-bond donors (Lipinski definition) is 2. The third-order valence-corrected chi connectivity index (χ3v) is 5.79. The molecule has 25 heavy (non-hydrogen) atoms. The molecule has 1 amide bonds. The zero-order chi connectivity index (χ0) is 18.3. The topological polar surface area (TPSA) is 102 Å². The summed E-state index contributed by atoms with van der Waals surface area (Å²) in [6.45, 7) is -0.497. The van der Waals surface area contributed by atoms with E-state index in [0.717, 1.165) is 25.7 Å². The molecule has 0 bridgehead atoms. The molecule has 0 aliphatic heterocycles. The fraction of sp³-hybridized carbons (Fsp3) is 0.500. The summed E-state index contributed by atoms with van der Waals surface area (Å²) in [6, 6.07) is 6.17. The SMILES string of the molecule is O=C(COC(=O)CCNS(=O)(=O)c1ccccc1Cl)NC1CCCC1. The Hall–Kier alpha value is -1.64. The Balaban J connectivity index is 1.69. The standard InChI is InChI=1S/C16H21ClN2O5S/c17-13-7-3-4-8-14(13)25(22,23)18-10-9-16(21)24-11-15(20)19-12-5-1-2-6-12/h3-4,7-8,12,18H,1-2,5-6,9-11H2,(H,19,20). The molecule has 0 radical (unpaired) electrons. The molecule has 2 N–H and O–H groups in total. The van der Waals surface area contributed by atoms with Gasteiger partial charge in [-0.2, -0.15) is 0 Å². The minimum absolute atomic E-state index is 0.0547. The van der Waals surface area contributed by atoms with Crippen molar-refractivity contribution in [3.05, 3.63) is 29.3 Å². The van der Waals surface area contributed by atoms with Crippen molar-refractivity contribution in [1.82, 2.24) is 10.0 Å². The van der Waals surface area contributed by atoms with Gasteiger partial charge in [-0.3, -0.25) is 9.59 Å². The minimum atomic E-state index is -3.80. The second-order valence-corrected chi connectivity index (χ2v) is 7.93. The molecule has 2 rings (SSSR count). The van der Waals surface area contributed by atoms with Crippen molar-refractivity contribution in [2.45, 2.75) is 43.0 Å². The second kappa shape index (κ2) is 9.17. The van der Waals surface area contributed by atoms with E-state index in [1.165, 1.54) is 12.1 Å². The summed E-state index contributed by atoms with van der Waals surface area (Å²) >= 11 is 5.85. The minimum Gasteiger partial charge on any atom is -0.456 e. The zero-order valence-corrected chi connectivity index (χ0v) is 15.2. The first-order valence-corrected chi connectivity index (χ1v) is 9.94. The van der Waals surface area contributed by atoms with Gasteiger partial charge in [-0.1, -0.05) is 36.6 Å². The summed E-state index contributed by atoms with van der Waals surface area (Å²) < 4.78 is 31.3. The van der Waals surface area contributed by atoms with E-state index >= 15 is 0 Å². The van der Waals surface area contributed by atoms with E-state index in [1.807, 2.05) is 0 Å². The van der Waals surface area contributed by atoms with Crippen LogP contribution in [-0.4, -0.2) is 39.5 Å². The van der Waals surface area contributed by atoms with Crippen molar-refractivity contribution in [2.24, 2.45) is 0 Å². The van der Waals surface area contributed by atoms with Crippen molar-refractivity contribution in [3.63, 3.8) is 0 Å². The van der Waals surface area contributed by atoms with Gasteiger partial charge in [-0.05, 0) is 25.0 Å². The third kappa shape index (κ3) is 6.30. The molecule has 1 aromatic rings. The number of nitrogens with one attached hydrogen (secondary N) is 2. The largest absolute Gasteiger partial charge is 0.456 e. The van der Waals surface area contributed by atoms with Crippen LogP contribution in [0, 0.1) is 0 Å². The summed E-state index contributed by atoms with van der Waals surface area (Å²) in [7, 11) is -3.80. The molecule has 1 aliphatic rings. The maximum Gasteiger partial charge on any atom is 0.307 e. The highest BCUT2D eigenvalue weighted by Crippen LogP contribution is 2.20. The molecule has 1 aromatic carbocycles. The van der Waals surface area contributed by atoms with Crippen molar-refractivity contribution >= 4 is 33.5 Å². The molecule has 0 heterocycles. The molecule has 0 atom stereocenters. The fourth-order valence-electron chi connectivity index (χ4n) is 2.59. The number of carbonyl (C=O) groups excluding carboxylic acids is 2. The lowest BCUT2D eigenvalue weighted by atomic mass is 10.2. The molecule has 7 nitrogen and oxygen atoms in total. The smallest absolute Gasteiger partial charge is 0.307 e. The van der Waals surface area contributed by atoms with Crippen LogP contribution in [0.25, 0.3) is 0 Å². The molecular formula is C16H21ClN2O5S. The third-order valence-electron chi connectivity index (χ3n) is 3.83. The van der Waals surface area contributed by atoms with E-state index < -0.39 is 16.0 Å². The van der Waals surface area contributed by atoms with Crippen LogP contribution in [0.2, 0.25) is 5.02 Å². The van der Waals surface area contributed by atoms with Crippen LogP contribution in [0.3, 0.4) is 0 Å². The summed E-state index contributed by atoms with van der Waals surface area (Å²) in [6.07, 6.45) is 3.90. The number of hydrogen-bond acceptors (Lipinski definition) is 5. The number of benzene rings is 1. The van der Waals surface area contributed by atoms with Gasteiger partial charge in [-0.15, -0.1) is 0 Å². The number of amides is 1. The average Bonchev–Trinajstić information content (AvgIpc) is 3.06. The van der Waals surface area contributed by atoms with E-state index in [-0.39, 0.29) is 41.4 Å². The molecule has 1 saturated carbocycles. The number of sulfonamides is 1. The lowest BCUT2D eigenvalue weighted by Gasteiger charge is -2.12. The van der Waals surface area contributed by atoms with Gasteiger partial charge in [0.05, 0.1) is 11.4 Å². The molecule has 138 valence electrons. The van der Waals surface area contributed by atoms with Gasteiger partial charge in [0.15, 0.2) is 6.61 Å². The second-order valence-electron chi connectivity index (χ2n) is 5.79. The number of esters is 1. The molecule has 0 unspecified atom stereocenters. The van der Waals surface area contributed by atoms with Crippen LogP contribution in [0.5, 0.6) is 0 Å². The quantitative estimate of drug-likeness (QED) is 0.659. The van der Waals surface area contributed by atoms with Crippen LogP contribution < -0.4 is 10.0 Å². The van der Waals surface area contributed by atoms with Gasteiger partial charge < -0.3 is 10.1 Å². The molecule has 0 aromatic heterocycles. The number of ether oxygens (including phenoxy) is 1. The van der Waals surface area contributed by atoms with E-state index in [4.69, 9.17) is 16.3 Å². The lowest BCUT2D eigenvalue weighted by Crippen LogP contribution is -2.36. The monoisotopic (exact) mass is 388 g/mol. The summed E-state index contributed by atoms with van der Waals surface area (Å²) in [5, 5.41) is 2.90. The van der Waals surface area contributed by atoms with Crippen LogP contribution in [0.1, 0.15) is 32.1 Å². The summed E-state index contributed by atoms with van der Waals surface area (Å²) in [4.78, 5) is 23.2. The normalized spacial score (nSPS) is 15.1. The maximum absolute atomic E-state index is 12.1. The predicted molar refractivity (Wildman–Crippen MR) is 92.6 cm³/mol. The Morgan fingerprint density at radius 1 is 1.20 bits per heavy atom. The highest BCUT2D eigenvalue weighted by Gasteiger charge is 2.19. The molecule has 1 aliphatic carbocycles. The molecular weight excluding hydrogens is 368 g/mol. The summed E-state index contributed by atoms with van der Waals surface area (Å²) in [5.74, 6) is -0.986. The Labute approximate surface area is 152 Å². The molecule has 0 spiro atoms. The Bertz CT molecular complexity index is 717. The van der Waals surface area contributed by atoms with Crippen LogP contribution in [-0.2, 0) is 24.3 Å². The first-order valence-electron chi connectivity index (χ1n) is 8.07. The first kappa shape index (κ1) is 19.7. The first-order chi connectivity index (χ1) is 11.9. The average molecular weight is 389 g/mol.